The fourth-order valence-corrected chi connectivity index (χ4v) is 4.43. The largest absolute Gasteiger partial charge is 0.491 e. The van der Waals surface area contributed by atoms with Crippen LogP contribution < -0.4 is 10.5 Å². The Balaban J connectivity index is 1.62. The van der Waals surface area contributed by atoms with Crippen LogP contribution in [0.3, 0.4) is 0 Å². The Morgan fingerprint density at radius 3 is 1.02 bits per heavy atom. The monoisotopic (exact) mass is 627 g/mol. The molecular formula is C35H65NO8. The van der Waals surface area contributed by atoms with Crippen molar-refractivity contribution in [2.75, 3.05) is 105 Å². The highest BCUT2D eigenvalue weighted by Crippen LogP contribution is 2.13. The van der Waals surface area contributed by atoms with E-state index in [0.29, 0.717) is 92.5 Å². The highest BCUT2D eigenvalue weighted by molar-refractivity contribution is 5.41. The number of hydrogen-bond donors (Lipinski definition) is 1. The molecule has 44 heavy (non-hydrogen) atoms. The average molecular weight is 628 g/mol. The van der Waals surface area contributed by atoms with Crippen molar-refractivity contribution < 1.29 is 37.9 Å². The molecule has 0 aliphatic carbocycles. The quantitative estimate of drug-likeness (QED) is 0.0632. The third-order valence-electron chi connectivity index (χ3n) is 7.00. The van der Waals surface area contributed by atoms with Crippen molar-refractivity contribution in [1.82, 2.24) is 0 Å². The molecule has 0 fully saturated rings. The fourth-order valence-electron chi connectivity index (χ4n) is 4.43. The van der Waals surface area contributed by atoms with Crippen LogP contribution in [0.4, 0.5) is 5.69 Å². The topological polar surface area (TPSA) is 99.9 Å². The summed E-state index contributed by atoms with van der Waals surface area (Å²) in [7, 11) is 0. The molecule has 258 valence electrons. The van der Waals surface area contributed by atoms with Gasteiger partial charge in [-0.25, -0.2) is 0 Å². The lowest BCUT2D eigenvalue weighted by molar-refractivity contribution is -0.0213. The molecule has 0 aromatic heterocycles. The first-order valence-corrected chi connectivity index (χ1v) is 17.4. The van der Waals surface area contributed by atoms with E-state index < -0.39 is 0 Å². The van der Waals surface area contributed by atoms with Crippen LogP contribution in [0.5, 0.6) is 5.75 Å². The Labute approximate surface area is 268 Å². The number of nitrogens with two attached hydrogens (primary N) is 1. The van der Waals surface area contributed by atoms with Gasteiger partial charge in [-0.3, -0.25) is 0 Å². The molecule has 2 N–H and O–H groups in total. The summed E-state index contributed by atoms with van der Waals surface area (Å²) in [5, 5.41) is 0. The lowest BCUT2D eigenvalue weighted by Gasteiger charge is -2.09. The van der Waals surface area contributed by atoms with Gasteiger partial charge in [0.2, 0.25) is 0 Å². The average Bonchev–Trinajstić information content (AvgIpc) is 3.03. The van der Waals surface area contributed by atoms with Gasteiger partial charge in [0, 0.05) is 12.3 Å². The van der Waals surface area contributed by atoms with Crippen LogP contribution in [0.1, 0.15) is 90.4 Å². The molecule has 1 rings (SSSR count). The summed E-state index contributed by atoms with van der Waals surface area (Å²) < 4.78 is 44.3. The maximum atomic E-state index is 5.67. The van der Waals surface area contributed by atoms with Crippen molar-refractivity contribution >= 4 is 5.69 Å². The Kier molecular flexibility index (Phi) is 31.7. The minimum Gasteiger partial charge on any atom is -0.491 e. The molecule has 0 aliphatic rings. The second kappa shape index (κ2) is 34.4. The zero-order valence-electron chi connectivity index (χ0n) is 28.0. The molecule has 1 aromatic carbocycles. The van der Waals surface area contributed by atoms with Crippen molar-refractivity contribution in [2.24, 2.45) is 0 Å². The Bertz CT molecular complexity index is 679. The molecular weight excluding hydrogens is 562 g/mol. The predicted octanol–water partition coefficient (Wildman–Crippen LogP) is 6.86. The summed E-state index contributed by atoms with van der Waals surface area (Å²) in [6.45, 7) is 10.8. The van der Waals surface area contributed by atoms with Crippen LogP contribution in [0.2, 0.25) is 0 Å². The number of benzene rings is 1. The van der Waals surface area contributed by atoms with Gasteiger partial charge in [-0.1, -0.05) is 84.0 Å². The highest BCUT2D eigenvalue weighted by atomic mass is 16.6. The molecule has 0 saturated carbocycles. The van der Waals surface area contributed by atoms with Crippen LogP contribution in [-0.2, 0) is 33.2 Å². The Morgan fingerprint density at radius 1 is 0.364 bits per heavy atom. The van der Waals surface area contributed by atoms with Crippen molar-refractivity contribution in [1.29, 1.82) is 0 Å². The first-order chi connectivity index (χ1) is 21.8. The second-order valence-corrected chi connectivity index (χ2v) is 10.9. The lowest BCUT2D eigenvalue weighted by Crippen LogP contribution is -2.15. The highest BCUT2D eigenvalue weighted by Gasteiger charge is 1.97. The summed E-state index contributed by atoms with van der Waals surface area (Å²) in [6.07, 6.45) is 17.8. The van der Waals surface area contributed by atoms with E-state index in [1.807, 2.05) is 24.3 Å². The number of anilines is 1. The van der Waals surface area contributed by atoms with Gasteiger partial charge >= 0.3 is 0 Å². The van der Waals surface area contributed by atoms with E-state index in [2.05, 4.69) is 6.92 Å². The van der Waals surface area contributed by atoms with Gasteiger partial charge in [-0.05, 0) is 30.7 Å². The molecule has 0 radical (unpaired) electrons. The van der Waals surface area contributed by atoms with Gasteiger partial charge in [0.05, 0.1) is 85.9 Å². The zero-order chi connectivity index (χ0) is 31.4. The first-order valence-electron chi connectivity index (χ1n) is 17.4. The number of rotatable bonds is 36. The smallest absolute Gasteiger partial charge is 0.119 e. The van der Waals surface area contributed by atoms with E-state index in [9.17, 15) is 0 Å². The second-order valence-electron chi connectivity index (χ2n) is 10.9. The minimum atomic E-state index is 0.487. The minimum absolute atomic E-state index is 0.487. The molecule has 0 atom stereocenters. The lowest BCUT2D eigenvalue weighted by atomic mass is 10.0. The number of nitrogen functional groups attached to an aromatic ring is 1. The summed E-state index contributed by atoms with van der Waals surface area (Å²) in [5.74, 6) is 0.782. The van der Waals surface area contributed by atoms with Crippen LogP contribution in [0.25, 0.3) is 0 Å². The van der Waals surface area contributed by atoms with Crippen LogP contribution in [0, 0.1) is 0 Å². The van der Waals surface area contributed by atoms with Crippen molar-refractivity contribution in [2.45, 2.75) is 90.4 Å². The molecule has 0 heterocycles. The number of hydrogen-bond acceptors (Lipinski definition) is 9. The van der Waals surface area contributed by atoms with Gasteiger partial charge in [-0.2, -0.15) is 0 Å². The Morgan fingerprint density at radius 2 is 0.659 bits per heavy atom. The number of unbranched alkanes of at least 4 members (excludes halogenated alkanes) is 12. The summed E-state index contributed by atoms with van der Waals surface area (Å²) in [4.78, 5) is 0. The van der Waals surface area contributed by atoms with E-state index in [1.165, 1.54) is 77.0 Å². The normalized spacial score (nSPS) is 11.4. The van der Waals surface area contributed by atoms with Crippen LogP contribution in [-0.4, -0.2) is 99.1 Å². The fraction of sp³-hybridized carbons (Fsp3) is 0.829. The van der Waals surface area contributed by atoms with Gasteiger partial charge < -0.3 is 43.6 Å². The summed E-state index contributed by atoms with van der Waals surface area (Å²) in [6, 6.07) is 7.30. The van der Waals surface area contributed by atoms with E-state index in [-0.39, 0.29) is 0 Å². The van der Waals surface area contributed by atoms with E-state index in [1.54, 1.807) is 0 Å². The zero-order valence-corrected chi connectivity index (χ0v) is 28.0. The van der Waals surface area contributed by atoms with Crippen molar-refractivity contribution in [3.8, 4) is 5.75 Å². The first kappa shape index (κ1) is 40.6. The molecule has 0 aliphatic heterocycles. The molecule has 0 spiro atoms. The van der Waals surface area contributed by atoms with Gasteiger partial charge in [0.15, 0.2) is 0 Å². The molecule has 0 unspecified atom stereocenters. The third-order valence-corrected chi connectivity index (χ3v) is 7.00. The van der Waals surface area contributed by atoms with Crippen molar-refractivity contribution in [3.63, 3.8) is 0 Å². The molecule has 1 aromatic rings. The van der Waals surface area contributed by atoms with Gasteiger partial charge in [0.1, 0.15) is 12.4 Å². The third kappa shape index (κ3) is 30.6. The van der Waals surface area contributed by atoms with E-state index >= 15 is 0 Å². The van der Waals surface area contributed by atoms with E-state index in [0.717, 1.165) is 24.5 Å². The summed E-state index contributed by atoms with van der Waals surface area (Å²) >= 11 is 0. The Hall–Kier alpha value is -1.46. The van der Waals surface area contributed by atoms with Crippen LogP contribution >= 0.6 is 0 Å². The van der Waals surface area contributed by atoms with Gasteiger partial charge in [0.25, 0.3) is 0 Å². The molecule has 9 heteroatoms. The SMILES string of the molecule is CCCCCCCCCCCCCCCOCCOCCOCCOCCOCCOCCOCCOc1ccc(N)cc1. The molecule has 0 amide bonds. The van der Waals surface area contributed by atoms with Gasteiger partial charge in [-0.15, -0.1) is 0 Å². The predicted molar refractivity (Wildman–Crippen MR) is 178 cm³/mol. The maximum absolute atomic E-state index is 5.67. The molecule has 0 bridgehead atoms. The molecule has 9 nitrogen and oxygen atoms in total. The standard InChI is InChI=1S/C35H65NO8/c1-2-3-4-5-6-7-8-9-10-11-12-13-14-19-37-20-21-38-22-23-39-24-25-40-26-27-41-28-29-42-30-31-43-32-33-44-35-17-15-34(36)16-18-35/h15-18H,2-14,19-33,36H2,1H3. The van der Waals surface area contributed by atoms with E-state index in [4.69, 9.17) is 43.6 Å². The number of ether oxygens (including phenoxy) is 8. The summed E-state index contributed by atoms with van der Waals surface area (Å²) in [5.41, 5.74) is 6.36. The molecule has 0 saturated heterocycles. The maximum Gasteiger partial charge on any atom is 0.119 e. The van der Waals surface area contributed by atoms with Crippen LogP contribution in [0.15, 0.2) is 24.3 Å². The van der Waals surface area contributed by atoms with Crippen molar-refractivity contribution in [3.05, 3.63) is 24.3 Å².